The van der Waals surface area contributed by atoms with Crippen molar-refractivity contribution in [2.45, 2.75) is 89.9 Å². The molecule has 4 amide bonds. The van der Waals surface area contributed by atoms with Gasteiger partial charge < -0.3 is 26.2 Å². The van der Waals surface area contributed by atoms with Crippen LogP contribution in [0.4, 0.5) is 11.4 Å². The Bertz CT molecular complexity index is 5150. The van der Waals surface area contributed by atoms with E-state index < -0.39 is 153 Å². The number of hydrogen-bond acceptors (Lipinski definition) is 26. The standard InChI is InChI=1S/C61H70N8O16S4.CO2.3O3S/c1-8-11-12-25-69-50-36-51(89(83,84)85)44-31-38(41-34-47(58(72)64-23-28-87(77,78)79)67-48(35-41)59(73)65-24-29-88(80,81)82)18-21-43(44)55(50)61(6,7)53(69)16-13-15-52-60(4,5)54-42-20-17-37(30-39(42)19-22-49(54)68(52)26-14-27-86(74,75)76)40-32-45(56(70)62-9-2)66-46(33-40)57(71)63-10-3;2-1-3;3*1-4(2)3/h13,15-22,30-36H,8-12,14,23-29H2,1-7H3,(H7-,62,63,64,65,70,71,72,73,74,75,76,77,78,79,80,81,82,83,84,85);;;;/p+1. The van der Waals surface area contributed by atoms with E-state index in [0.29, 0.717) is 53.8 Å². The fourth-order valence-corrected chi connectivity index (χ4v) is 13.5. The van der Waals surface area contributed by atoms with Gasteiger partial charge in [0, 0.05) is 79.0 Å². The van der Waals surface area contributed by atoms with E-state index in [0.717, 1.165) is 46.3 Å². The summed E-state index contributed by atoms with van der Waals surface area (Å²) in [5.41, 5.74) is 3.77. The molecule has 8 rings (SSSR count). The molecule has 4 heterocycles. The Labute approximate surface area is 601 Å². The first-order valence-electron chi connectivity index (χ1n) is 30.6. The van der Waals surface area contributed by atoms with Gasteiger partial charge in [0.2, 0.25) is 5.69 Å². The average molecular weight is 1580 g/mol. The van der Waals surface area contributed by atoms with Gasteiger partial charge in [-0.3, -0.25) is 37.4 Å². The number of nitrogens with one attached hydrogen (secondary N) is 4. The monoisotopic (exact) mass is 1580 g/mol. The summed E-state index contributed by atoms with van der Waals surface area (Å²) >= 11 is 0. The molecule has 104 heavy (non-hydrogen) atoms. The molecule has 2 aromatic heterocycles. The topological polar surface area (TPSA) is 554 Å². The first-order valence-corrected chi connectivity index (χ1v) is 39.9. The van der Waals surface area contributed by atoms with Crippen LogP contribution in [0.1, 0.15) is 127 Å². The number of carbonyl (C=O) groups is 4. The number of benzene rings is 4. The van der Waals surface area contributed by atoms with Gasteiger partial charge in [0.25, 0.3) is 64.1 Å². The van der Waals surface area contributed by atoms with Gasteiger partial charge in [0.1, 0.15) is 34.2 Å². The van der Waals surface area contributed by atoms with Crippen molar-refractivity contribution in [3.63, 3.8) is 0 Å². The third-order valence-corrected chi connectivity index (χ3v) is 18.7. The van der Waals surface area contributed by atoms with E-state index in [2.05, 4.69) is 45.1 Å². The zero-order valence-corrected chi connectivity index (χ0v) is 62.0. The lowest BCUT2D eigenvalue weighted by atomic mass is 9.78. The van der Waals surface area contributed by atoms with Crippen molar-refractivity contribution in [2.75, 3.05) is 61.4 Å². The second-order valence-electron chi connectivity index (χ2n) is 23.3. The zero-order valence-electron chi connectivity index (χ0n) is 56.3. The Balaban J connectivity index is 0.00000139. The Morgan fingerprint density at radius 2 is 0.962 bits per heavy atom. The number of rotatable bonds is 25. The molecule has 0 aliphatic carbocycles. The maximum atomic E-state index is 13.6. The number of carbonyl (C=O) groups excluding carboxylic acids is 6. The number of hydrogen-bond donors (Lipinski definition) is 8. The number of unbranched alkanes of at least 4 members (excludes halogenated alkanes) is 2. The van der Waals surface area contributed by atoms with Crippen LogP contribution in [0.5, 0.6) is 0 Å². The molecule has 0 fully saturated rings. The molecule has 6 aromatic rings. The van der Waals surface area contributed by atoms with Gasteiger partial charge in [-0.05, 0) is 133 Å². The van der Waals surface area contributed by atoms with E-state index >= 15 is 0 Å². The first kappa shape index (κ1) is 86.8. The SMILES string of the molecule is CCCCCN1/C(=C/C=C/C2=[N+](CCCS(=O)(=O)O)c3ccc4cc(-c5cc(C(=O)NCC)nc(C(=O)NCC)c5)ccc4c3C2(C)C)C(C)(C)c2c1cc(S(=O)(=O)O)c1cc(-c3cc(C(=O)NCCS(=O)(=O)O)nc(C(=O)NCCS(=O)(=O)O)c3)ccc21.O=C=O.O=S(=O)=O.O=S(=O)=O.O=S(=O)=O. The summed E-state index contributed by atoms with van der Waals surface area (Å²) in [5, 5.41) is 12.3. The van der Waals surface area contributed by atoms with Crippen molar-refractivity contribution < 1.29 is 123 Å². The molecule has 4 aromatic carbocycles. The van der Waals surface area contributed by atoms with Gasteiger partial charge in [-0.1, -0.05) is 64.0 Å². The third-order valence-electron chi connectivity index (χ3n) is 15.5. The maximum Gasteiger partial charge on any atom is 0.425 e. The van der Waals surface area contributed by atoms with Crippen molar-refractivity contribution in [2.24, 2.45) is 0 Å². The molecule has 0 bridgehead atoms. The fraction of sp³-hybridized carbons (Fsp3) is 0.355. The van der Waals surface area contributed by atoms with Gasteiger partial charge in [0.05, 0.1) is 22.7 Å². The van der Waals surface area contributed by atoms with E-state index in [1.165, 1.54) is 24.3 Å². The fourth-order valence-electron chi connectivity index (χ4n) is 11.6. The van der Waals surface area contributed by atoms with E-state index in [1.54, 1.807) is 38.1 Å². The van der Waals surface area contributed by atoms with Gasteiger partial charge >= 0.3 is 38.0 Å². The number of nitrogens with zero attached hydrogens (tertiary/aromatic N) is 4. The average Bonchev–Trinajstić information content (AvgIpc) is 1.45. The van der Waals surface area contributed by atoms with Crippen LogP contribution in [0.2, 0.25) is 0 Å². The molecule has 0 saturated heterocycles. The zero-order chi connectivity index (χ0) is 78.6. The van der Waals surface area contributed by atoms with Crippen molar-refractivity contribution in [3.05, 3.63) is 137 Å². The molecular formula is C62H71N8O27S7+. The van der Waals surface area contributed by atoms with E-state index in [1.807, 2.05) is 78.8 Å². The lowest BCUT2D eigenvalue weighted by Crippen LogP contribution is -2.32. The summed E-state index contributed by atoms with van der Waals surface area (Å²) in [5.74, 6) is -5.02. The van der Waals surface area contributed by atoms with Gasteiger partial charge in [-0.2, -0.15) is 47.8 Å². The van der Waals surface area contributed by atoms with Crippen LogP contribution in [0.15, 0.2) is 108 Å². The second kappa shape index (κ2) is 37.2. The molecule has 2 aliphatic rings. The molecule has 0 radical (unpaired) electrons. The Hall–Kier alpha value is -9.59. The first-order chi connectivity index (χ1) is 48.3. The minimum Gasteiger partial charge on any atom is -0.351 e. The quantitative estimate of drug-likeness (QED) is 0.0231. The van der Waals surface area contributed by atoms with Crippen LogP contribution in [-0.4, -0.2) is 196 Å². The van der Waals surface area contributed by atoms with E-state index in [9.17, 15) is 71.1 Å². The second-order valence-corrected chi connectivity index (χ2v) is 30.7. The molecule has 2 aliphatic heterocycles. The van der Waals surface area contributed by atoms with Crippen molar-refractivity contribution in [1.29, 1.82) is 0 Å². The van der Waals surface area contributed by atoms with E-state index in [4.69, 9.17) is 47.5 Å². The summed E-state index contributed by atoms with van der Waals surface area (Å²) in [7, 11) is -27.7. The highest BCUT2D eigenvalue weighted by molar-refractivity contribution is 7.86. The number of fused-ring (bicyclic) bond motifs is 6. The molecule has 562 valence electrons. The predicted molar refractivity (Wildman–Crippen MR) is 373 cm³/mol. The largest absolute Gasteiger partial charge is 0.425 e. The number of allylic oxidation sites excluding steroid dienone is 4. The highest BCUT2D eigenvalue weighted by Crippen LogP contribution is 2.53. The Morgan fingerprint density at radius 1 is 0.529 bits per heavy atom. The minimum atomic E-state index is -5.01. The smallest absolute Gasteiger partial charge is 0.351 e. The Kier molecular flexibility index (Phi) is 31.1. The lowest BCUT2D eigenvalue weighted by molar-refractivity contribution is -0.437. The van der Waals surface area contributed by atoms with Crippen LogP contribution < -0.4 is 26.2 Å². The normalized spacial score (nSPS) is 13.8. The van der Waals surface area contributed by atoms with Gasteiger partial charge in [0.15, 0.2) is 5.71 Å². The van der Waals surface area contributed by atoms with Crippen molar-refractivity contribution in [3.8, 4) is 22.3 Å². The summed E-state index contributed by atoms with van der Waals surface area (Å²) in [6.07, 6.45) is 8.45. The van der Waals surface area contributed by atoms with Crippen LogP contribution in [-0.2, 0) is 92.7 Å². The van der Waals surface area contributed by atoms with Gasteiger partial charge in [-0.15, -0.1) is 37.9 Å². The molecule has 42 heteroatoms. The number of pyridine rings is 2. The third kappa shape index (κ3) is 24.5. The summed E-state index contributed by atoms with van der Waals surface area (Å²) in [4.78, 5) is 79.3. The van der Waals surface area contributed by atoms with Crippen molar-refractivity contribution >= 4 is 141 Å². The van der Waals surface area contributed by atoms with Gasteiger partial charge in [-0.25, -0.2) is 9.97 Å². The lowest BCUT2D eigenvalue weighted by Gasteiger charge is -2.27. The molecule has 0 saturated carbocycles. The highest BCUT2D eigenvalue weighted by Gasteiger charge is 2.46. The minimum absolute atomic E-state index is 0.0622. The number of amides is 4. The summed E-state index contributed by atoms with van der Waals surface area (Å²) in [6, 6.07) is 21.6. The van der Waals surface area contributed by atoms with E-state index in [-0.39, 0.29) is 47.0 Å². The number of aromatic nitrogens is 2. The highest BCUT2D eigenvalue weighted by atomic mass is 32.2. The summed E-state index contributed by atoms with van der Waals surface area (Å²) < 4.78 is 215. The van der Waals surface area contributed by atoms with Crippen molar-refractivity contribution in [1.82, 2.24) is 31.2 Å². The van der Waals surface area contributed by atoms with Crippen LogP contribution in [0.25, 0.3) is 43.8 Å². The van der Waals surface area contributed by atoms with Crippen LogP contribution in [0, 0.1) is 0 Å². The molecule has 8 N–H and O–H groups in total. The summed E-state index contributed by atoms with van der Waals surface area (Å²) in [6.45, 7) is 13.9. The number of anilines is 1. The molecular weight excluding hydrogens is 1510 g/mol. The molecule has 0 unspecified atom stereocenters. The molecule has 0 spiro atoms. The molecule has 0 atom stereocenters. The maximum absolute atomic E-state index is 13.6. The predicted octanol–water partition coefficient (Wildman–Crippen LogP) is 3.58. The van der Waals surface area contributed by atoms with Crippen LogP contribution >= 0.6 is 0 Å². The Morgan fingerprint density at radius 3 is 1.38 bits per heavy atom. The van der Waals surface area contributed by atoms with Crippen LogP contribution in [0.3, 0.4) is 0 Å². The molecule has 35 nitrogen and oxygen atoms in total.